The van der Waals surface area contributed by atoms with Gasteiger partial charge in [-0.1, -0.05) is 42.5 Å². The molecule has 1 N–H and O–H groups in total. The fourth-order valence-corrected chi connectivity index (χ4v) is 3.29. The second-order valence-electron chi connectivity index (χ2n) is 6.41. The van der Waals surface area contributed by atoms with Crippen LogP contribution in [0.1, 0.15) is 30.4 Å². The molecule has 25 heavy (non-hydrogen) atoms. The molecule has 1 aliphatic rings. The molecule has 4 rings (SSSR count). The van der Waals surface area contributed by atoms with Crippen molar-refractivity contribution < 1.29 is 0 Å². The van der Waals surface area contributed by atoms with Crippen LogP contribution >= 0.6 is 0 Å². The van der Waals surface area contributed by atoms with Crippen molar-refractivity contribution in [2.75, 3.05) is 0 Å². The number of nitrogens with one attached hydrogen (secondary N) is 1. The molecule has 0 saturated carbocycles. The topological polar surface area (TPSA) is 42.7 Å². The van der Waals surface area contributed by atoms with Crippen molar-refractivity contribution in [3.63, 3.8) is 0 Å². The van der Waals surface area contributed by atoms with Crippen molar-refractivity contribution in [3.8, 4) is 5.82 Å². The zero-order chi connectivity index (χ0) is 16.9. The van der Waals surface area contributed by atoms with E-state index in [1.807, 2.05) is 24.5 Å². The maximum absolute atomic E-state index is 4.49. The highest BCUT2D eigenvalue weighted by Gasteiger charge is 2.14. The van der Waals surface area contributed by atoms with E-state index in [4.69, 9.17) is 0 Å². The molecule has 0 bridgehead atoms. The van der Waals surface area contributed by atoms with E-state index < -0.39 is 0 Å². The molecule has 0 aliphatic heterocycles. The van der Waals surface area contributed by atoms with E-state index in [1.54, 1.807) is 10.9 Å². The SMILES string of the molecule is C1=C(c2ccccc2)CCCC1NCc1ccc(-n2cccn2)nc1. The van der Waals surface area contributed by atoms with Gasteiger partial charge in [-0.25, -0.2) is 9.67 Å². The first-order valence-electron chi connectivity index (χ1n) is 8.83. The van der Waals surface area contributed by atoms with Crippen molar-refractivity contribution in [1.82, 2.24) is 20.1 Å². The van der Waals surface area contributed by atoms with Gasteiger partial charge in [0, 0.05) is 31.2 Å². The van der Waals surface area contributed by atoms with Gasteiger partial charge in [0.05, 0.1) is 0 Å². The van der Waals surface area contributed by atoms with E-state index in [1.165, 1.54) is 36.0 Å². The van der Waals surface area contributed by atoms with Gasteiger partial charge in [0.15, 0.2) is 5.82 Å². The Hall–Kier alpha value is -2.72. The van der Waals surface area contributed by atoms with E-state index >= 15 is 0 Å². The van der Waals surface area contributed by atoms with Gasteiger partial charge in [0.25, 0.3) is 0 Å². The zero-order valence-electron chi connectivity index (χ0n) is 14.2. The van der Waals surface area contributed by atoms with Crippen molar-refractivity contribution in [2.24, 2.45) is 0 Å². The lowest BCUT2D eigenvalue weighted by Crippen LogP contribution is -2.28. The molecule has 4 nitrogen and oxygen atoms in total. The molecule has 0 saturated heterocycles. The van der Waals surface area contributed by atoms with Gasteiger partial charge in [0.1, 0.15) is 0 Å². The van der Waals surface area contributed by atoms with Gasteiger partial charge in [-0.15, -0.1) is 0 Å². The summed E-state index contributed by atoms with van der Waals surface area (Å²) in [6, 6.07) is 17.1. The lowest BCUT2D eigenvalue weighted by atomic mass is 9.91. The molecule has 0 amide bonds. The van der Waals surface area contributed by atoms with Gasteiger partial charge < -0.3 is 5.32 Å². The highest BCUT2D eigenvalue weighted by molar-refractivity contribution is 5.66. The van der Waals surface area contributed by atoms with Crippen LogP contribution in [-0.2, 0) is 6.54 Å². The summed E-state index contributed by atoms with van der Waals surface area (Å²) in [5, 5.41) is 7.86. The average molecular weight is 330 g/mol. The van der Waals surface area contributed by atoms with Crippen LogP contribution in [0.5, 0.6) is 0 Å². The van der Waals surface area contributed by atoms with E-state index in [0.29, 0.717) is 6.04 Å². The summed E-state index contributed by atoms with van der Waals surface area (Å²) >= 11 is 0. The Kier molecular flexibility index (Phi) is 4.70. The second kappa shape index (κ2) is 7.45. The molecule has 3 aromatic rings. The summed E-state index contributed by atoms with van der Waals surface area (Å²) < 4.78 is 1.77. The Morgan fingerprint density at radius 3 is 2.76 bits per heavy atom. The Bertz CT molecular complexity index is 820. The number of pyridine rings is 1. The fourth-order valence-electron chi connectivity index (χ4n) is 3.29. The molecular formula is C21H22N4. The largest absolute Gasteiger partial charge is 0.306 e. The minimum Gasteiger partial charge on any atom is -0.306 e. The Morgan fingerprint density at radius 2 is 2.00 bits per heavy atom. The van der Waals surface area contributed by atoms with Crippen molar-refractivity contribution >= 4 is 5.57 Å². The van der Waals surface area contributed by atoms with Crippen LogP contribution in [0, 0.1) is 0 Å². The maximum atomic E-state index is 4.49. The van der Waals surface area contributed by atoms with Gasteiger partial charge in [0.2, 0.25) is 0 Å². The summed E-state index contributed by atoms with van der Waals surface area (Å²) in [5.41, 5.74) is 3.99. The number of aromatic nitrogens is 3. The summed E-state index contributed by atoms with van der Waals surface area (Å²) in [6.45, 7) is 0.829. The molecule has 0 radical (unpaired) electrons. The molecule has 1 aliphatic carbocycles. The number of rotatable bonds is 5. The fraction of sp³-hybridized carbons (Fsp3) is 0.238. The third-order valence-corrected chi connectivity index (χ3v) is 4.62. The molecule has 126 valence electrons. The van der Waals surface area contributed by atoms with Crippen LogP contribution in [0.3, 0.4) is 0 Å². The normalized spacial score (nSPS) is 17.3. The first-order chi connectivity index (χ1) is 12.4. The molecule has 1 aromatic carbocycles. The number of allylic oxidation sites excluding steroid dienone is 1. The number of hydrogen-bond donors (Lipinski definition) is 1. The van der Waals surface area contributed by atoms with Crippen LogP contribution in [0.15, 0.2) is 73.2 Å². The molecule has 2 aromatic heterocycles. The summed E-state index contributed by atoms with van der Waals surface area (Å²) in [7, 11) is 0. The van der Waals surface area contributed by atoms with Gasteiger partial charge in [-0.05, 0) is 48.1 Å². The molecule has 4 heteroatoms. The molecule has 2 heterocycles. The monoisotopic (exact) mass is 330 g/mol. The molecule has 0 fully saturated rings. The average Bonchev–Trinajstić information content (AvgIpc) is 3.23. The number of benzene rings is 1. The highest BCUT2D eigenvalue weighted by Crippen LogP contribution is 2.26. The molecule has 1 unspecified atom stereocenters. The lowest BCUT2D eigenvalue weighted by molar-refractivity contribution is 0.526. The van der Waals surface area contributed by atoms with Crippen molar-refractivity contribution in [3.05, 3.63) is 84.3 Å². The van der Waals surface area contributed by atoms with Crippen molar-refractivity contribution in [1.29, 1.82) is 0 Å². The second-order valence-corrected chi connectivity index (χ2v) is 6.41. The smallest absolute Gasteiger partial charge is 0.153 e. The van der Waals surface area contributed by atoms with Crippen LogP contribution in [-0.4, -0.2) is 20.8 Å². The minimum atomic E-state index is 0.426. The van der Waals surface area contributed by atoms with Gasteiger partial charge in [-0.3, -0.25) is 0 Å². The summed E-state index contributed by atoms with van der Waals surface area (Å²) in [5.74, 6) is 0.845. The number of hydrogen-bond acceptors (Lipinski definition) is 3. The quantitative estimate of drug-likeness (QED) is 0.769. The van der Waals surface area contributed by atoms with E-state index in [0.717, 1.165) is 12.4 Å². The Balaban J connectivity index is 1.39. The van der Waals surface area contributed by atoms with Crippen LogP contribution < -0.4 is 5.32 Å². The standard InChI is InChI=1S/C21H22N4/c1-2-6-18(7-3-1)19-8-4-9-20(14-19)22-15-17-10-11-21(23-16-17)25-13-5-12-24-25/h1-3,5-7,10-14,16,20,22H,4,8-9,15H2. The Labute approximate surface area is 148 Å². The van der Waals surface area contributed by atoms with Gasteiger partial charge in [-0.2, -0.15) is 5.10 Å². The molecular weight excluding hydrogens is 308 g/mol. The van der Waals surface area contributed by atoms with E-state index in [2.05, 4.69) is 57.9 Å². The maximum Gasteiger partial charge on any atom is 0.153 e. The first-order valence-corrected chi connectivity index (χ1v) is 8.83. The molecule has 1 atom stereocenters. The Morgan fingerprint density at radius 1 is 1.08 bits per heavy atom. The van der Waals surface area contributed by atoms with Crippen molar-refractivity contribution in [2.45, 2.75) is 31.8 Å². The predicted octanol–water partition coefficient (Wildman–Crippen LogP) is 3.99. The first kappa shape index (κ1) is 15.8. The molecule has 0 spiro atoms. The zero-order valence-corrected chi connectivity index (χ0v) is 14.2. The van der Waals surface area contributed by atoms with Crippen LogP contribution in [0.25, 0.3) is 11.4 Å². The highest BCUT2D eigenvalue weighted by atomic mass is 15.3. The van der Waals surface area contributed by atoms with E-state index in [9.17, 15) is 0 Å². The summed E-state index contributed by atoms with van der Waals surface area (Å²) in [6.07, 6.45) is 11.6. The summed E-state index contributed by atoms with van der Waals surface area (Å²) in [4.78, 5) is 4.49. The van der Waals surface area contributed by atoms with Crippen LogP contribution in [0.4, 0.5) is 0 Å². The third kappa shape index (κ3) is 3.86. The van der Waals surface area contributed by atoms with Gasteiger partial charge >= 0.3 is 0 Å². The third-order valence-electron chi connectivity index (χ3n) is 4.62. The predicted molar refractivity (Wildman–Crippen MR) is 100 cm³/mol. The number of nitrogens with zero attached hydrogens (tertiary/aromatic N) is 3. The lowest BCUT2D eigenvalue weighted by Gasteiger charge is -2.22. The van der Waals surface area contributed by atoms with E-state index in [-0.39, 0.29) is 0 Å². The minimum absolute atomic E-state index is 0.426. The van der Waals surface area contributed by atoms with Crippen LogP contribution in [0.2, 0.25) is 0 Å².